The topological polar surface area (TPSA) is 41.8 Å². The Labute approximate surface area is 80.4 Å². The molecule has 0 aliphatic heterocycles. The van der Waals surface area contributed by atoms with Crippen LogP contribution >= 0.6 is 0 Å². The number of para-hydroxylation sites is 1. The van der Waals surface area contributed by atoms with Crippen molar-refractivity contribution in [2.45, 2.75) is 0 Å². The average molecular weight is 184 g/mol. The van der Waals surface area contributed by atoms with Gasteiger partial charge in [-0.3, -0.25) is 0 Å². The van der Waals surface area contributed by atoms with Crippen molar-refractivity contribution in [3.8, 4) is 11.6 Å². The predicted octanol–water partition coefficient (Wildman–Crippen LogP) is 2.82. The number of benzene rings is 1. The van der Waals surface area contributed by atoms with Crippen LogP contribution in [0.15, 0.2) is 47.2 Å². The molecule has 68 valence electrons. The Morgan fingerprint density at radius 2 is 2.14 bits per heavy atom. The number of aromatic nitrogens is 2. The molecule has 0 aliphatic carbocycles. The van der Waals surface area contributed by atoms with E-state index in [0.717, 1.165) is 11.2 Å². The van der Waals surface area contributed by atoms with Crippen molar-refractivity contribution in [1.29, 1.82) is 0 Å². The summed E-state index contributed by atoms with van der Waals surface area (Å²) < 4.78 is 5.21. The van der Waals surface area contributed by atoms with E-state index in [4.69, 9.17) is 4.42 Å². The number of aromatic amines is 1. The number of H-pyrrole nitrogens is 1. The lowest BCUT2D eigenvalue weighted by atomic mass is 10.2. The molecule has 0 radical (unpaired) electrons. The van der Waals surface area contributed by atoms with E-state index in [2.05, 4.69) is 16.0 Å². The second-order valence-electron chi connectivity index (χ2n) is 3.11. The molecular weight excluding hydrogens is 176 g/mol. The summed E-state index contributed by atoms with van der Waals surface area (Å²) in [7, 11) is 0. The minimum atomic E-state index is 0.626. The first-order valence-corrected chi connectivity index (χ1v) is 4.41. The van der Waals surface area contributed by atoms with Gasteiger partial charge in [0.1, 0.15) is 12.0 Å². The number of fused-ring (bicyclic) bond motifs is 1. The van der Waals surface area contributed by atoms with Crippen LogP contribution in [0.2, 0.25) is 0 Å². The molecule has 3 nitrogen and oxygen atoms in total. The minimum Gasteiger partial charge on any atom is -0.443 e. The van der Waals surface area contributed by atoms with Crippen molar-refractivity contribution in [3.63, 3.8) is 0 Å². The highest BCUT2D eigenvalue weighted by Gasteiger charge is 2.05. The Morgan fingerprint density at radius 1 is 1.21 bits per heavy atom. The molecule has 0 atom stereocenters. The number of oxazole rings is 1. The van der Waals surface area contributed by atoms with Gasteiger partial charge >= 0.3 is 0 Å². The fourth-order valence-corrected chi connectivity index (χ4v) is 1.55. The molecule has 0 saturated heterocycles. The summed E-state index contributed by atoms with van der Waals surface area (Å²) in [5.74, 6) is 0.626. The zero-order valence-corrected chi connectivity index (χ0v) is 7.40. The molecular formula is C11H8N2O. The van der Waals surface area contributed by atoms with Gasteiger partial charge in [0, 0.05) is 10.9 Å². The van der Waals surface area contributed by atoms with E-state index in [1.807, 2.05) is 24.3 Å². The number of nitrogens with zero attached hydrogens (tertiary/aromatic N) is 1. The molecule has 0 fully saturated rings. The first-order valence-electron chi connectivity index (χ1n) is 4.41. The number of rotatable bonds is 1. The average Bonchev–Trinajstić information content (AvgIpc) is 2.86. The molecule has 0 unspecified atom stereocenters. The third-order valence-electron chi connectivity index (χ3n) is 2.19. The summed E-state index contributed by atoms with van der Waals surface area (Å²) in [4.78, 5) is 7.33. The summed E-state index contributed by atoms with van der Waals surface area (Å²) in [5, 5.41) is 1.17. The molecule has 1 aromatic carbocycles. The van der Waals surface area contributed by atoms with Crippen molar-refractivity contribution >= 4 is 10.9 Å². The first-order chi connectivity index (χ1) is 6.93. The second kappa shape index (κ2) is 2.73. The van der Waals surface area contributed by atoms with Gasteiger partial charge < -0.3 is 9.40 Å². The Balaban J connectivity index is 2.24. The van der Waals surface area contributed by atoms with Crippen LogP contribution in [0.3, 0.4) is 0 Å². The summed E-state index contributed by atoms with van der Waals surface area (Å²) in [6.45, 7) is 0. The predicted molar refractivity (Wildman–Crippen MR) is 53.8 cm³/mol. The van der Waals surface area contributed by atoms with Crippen LogP contribution < -0.4 is 0 Å². The zero-order chi connectivity index (χ0) is 9.38. The number of nitrogens with one attached hydrogen (secondary N) is 1. The molecule has 3 rings (SSSR count). The van der Waals surface area contributed by atoms with E-state index in [-0.39, 0.29) is 0 Å². The number of hydrogen-bond acceptors (Lipinski definition) is 2. The van der Waals surface area contributed by atoms with Gasteiger partial charge in [0.15, 0.2) is 0 Å². The molecule has 0 aliphatic rings. The first kappa shape index (κ1) is 7.38. The standard InChI is InChI=1S/C11H8N2O/c1-2-4-9-8(3-1)7-10(13-9)11-12-5-6-14-11/h1-7,13H. The summed E-state index contributed by atoms with van der Waals surface area (Å²) in [5.41, 5.74) is 2.01. The van der Waals surface area contributed by atoms with Crippen molar-refractivity contribution in [2.24, 2.45) is 0 Å². The van der Waals surface area contributed by atoms with Gasteiger partial charge in [-0.15, -0.1) is 0 Å². The molecule has 14 heavy (non-hydrogen) atoms. The van der Waals surface area contributed by atoms with E-state index < -0.39 is 0 Å². The van der Waals surface area contributed by atoms with E-state index in [9.17, 15) is 0 Å². The molecule has 1 N–H and O–H groups in total. The Bertz CT molecular complexity index is 518. The molecule has 3 aromatic rings. The molecule has 0 amide bonds. The maximum atomic E-state index is 5.21. The summed E-state index contributed by atoms with van der Waals surface area (Å²) >= 11 is 0. The smallest absolute Gasteiger partial charge is 0.242 e. The van der Waals surface area contributed by atoms with Crippen molar-refractivity contribution in [2.75, 3.05) is 0 Å². The highest BCUT2D eigenvalue weighted by molar-refractivity contribution is 5.84. The monoisotopic (exact) mass is 184 g/mol. The fourth-order valence-electron chi connectivity index (χ4n) is 1.55. The quantitative estimate of drug-likeness (QED) is 0.631. The van der Waals surface area contributed by atoms with Gasteiger partial charge in [-0.2, -0.15) is 0 Å². The minimum absolute atomic E-state index is 0.626. The van der Waals surface area contributed by atoms with Gasteiger partial charge in [-0.05, 0) is 12.1 Å². The van der Waals surface area contributed by atoms with Crippen LogP contribution in [-0.4, -0.2) is 9.97 Å². The maximum absolute atomic E-state index is 5.21. The summed E-state index contributed by atoms with van der Waals surface area (Å²) in [6.07, 6.45) is 3.21. The fraction of sp³-hybridized carbons (Fsp3) is 0. The lowest BCUT2D eigenvalue weighted by Crippen LogP contribution is -1.74. The van der Waals surface area contributed by atoms with E-state index in [0.29, 0.717) is 5.89 Å². The second-order valence-corrected chi connectivity index (χ2v) is 3.11. The van der Waals surface area contributed by atoms with Gasteiger partial charge in [0.2, 0.25) is 5.89 Å². The number of hydrogen-bond donors (Lipinski definition) is 1. The Hall–Kier alpha value is -2.03. The van der Waals surface area contributed by atoms with Crippen LogP contribution in [0.5, 0.6) is 0 Å². The van der Waals surface area contributed by atoms with Crippen LogP contribution in [0.1, 0.15) is 0 Å². The van der Waals surface area contributed by atoms with Crippen LogP contribution in [0.4, 0.5) is 0 Å². The lowest BCUT2D eigenvalue weighted by molar-refractivity contribution is 0.572. The molecule has 2 heterocycles. The van der Waals surface area contributed by atoms with Crippen LogP contribution in [0, 0.1) is 0 Å². The van der Waals surface area contributed by atoms with Gasteiger partial charge in [0.25, 0.3) is 0 Å². The van der Waals surface area contributed by atoms with Gasteiger partial charge in [0.05, 0.1) is 6.20 Å². The highest BCUT2D eigenvalue weighted by Crippen LogP contribution is 2.22. The Morgan fingerprint density at radius 3 is 2.93 bits per heavy atom. The zero-order valence-electron chi connectivity index (χ0n) is 7.40. The molecule has 0 bridgehead atoms. The molecule has 3 heteroatoms. The largest absolute Gasteiger partial charge is 0.443 e. The van der Waals surface area contributed by atoms with Crippen LogP contribution in [0.25, 0.3) is 22.5 Å². The lowest BCUT2D eigenvalue weighted by Gasteiger charge is -1.86. The maximum Gasteiger partial charge on any atom is 0.242 e. The third-order valence-corrected chi connectivity index (χ3v) is 2.19. The molecule has 0 spiro atoms. The normalized spacial score (nSPS) is 10.9. The van der Waals surface area contributed by atoms with Crippen LogP contribution in [-0.2, 0) is 0 Å². The van der Waals surface area contributed by atoms with E-state index >= 15 is 0 Å². The third kappa shape index (κ3) is 1.03. The van der Waals surface area contributed by atoms with Gasteiger partial charge in [-0.1, -0.05) is 18.2 Å². The van der Waals surface area contributed by atoms with Crippen molar-refractivity contribution < 1.29 is 4.42 Å². The highest BCUT2D eigenvalue weighted by atomic mass is 16.3. The van der Waals surface area contributed by atoms with Gasteiger partial charge in [-0.25, -0.2) is 4.98 Å². The summed E-state index contributed by atoms with van der Waals surface area (Å²) in [6, 6.07) is 10.1. The Kier molecular flexibility index (Phi) is 1.44. The molecule has 0 saturated carbocycles. The van der Waals surface area contributed by atoms with E-state index in [1.54, 1.807) is 12.5 Å². The van der Waals surface area contributed by atoms with Crippen molar-refractivity contribution in [3.05, 3.63) is 42.8 Å². The molecule has 2 aromatic heterocycles. The van der Waals surface area contributed by atoms with E-state index in [1.165, 1.54) is 5.39 Å². The SMILES string of the molecule is c1ccc2[nH]c(-c3ncco3)cc2c1. The van der Waals surface area contributed by atoms with Crippen molar-refractivity contribution in [1.82, 2.24) is 9.97 Å².